The summed E-state index contributed by atoms with van der Waals surface area (Å²) in [4.78, 5) is 26.2. The highest BCUT2D eigenvalue weighted by Crippen LogP contribution is 2.21. The van der Waals surface area contributed by atoms with Crippen molar-refractivity contribution in [2.75, 3.05) is 12.4 Å². The molecule has 5 nitrogen and oxygen atoms in total. The molecule has 162 valence electrons. The number of rotatable bonds is 7. The second kappa shape index (κ2) is 9.52. The summed E-state index contributed by atoms with van der Waals surface area (Å²) in [5.74, 6) is 0.392. The molecule has 3 aromatic carbocycles. The van der Waals surface area contributed by atoms with Gasteiger partial charge < -0.3 is 10.1 Å². The van der Waals surface area contributed by atoms with Crippen molar-refractivity contribution in [2.24, 2.45) is 0 Å². The van der Waals surface area contributed by atoms with E-state index in [1.54, 1.807) is 17.7 Å². The summed E-state index contributed by atoms with van der Waals surface area (Å²) in [6, 6.07) is 25.2. The van der Waals surface area contributed by atoms with Gasteiger partial charge in [0.2, 0.25) is 5.91 Å². The molecule has 0 bridgehead atoms. The van der Waals surface area contributed by atoms with Gasteiger partial charge in [0.15, 0.2) is 0 Å². The van der Waals surface area contributed by atoms with Gasteiger partial charge in [0.05, 0.1) is 12.6 Å². The molecule has 1 heterocycles. The number of hydrogen-bond donors (Lipinski definition) is 1. The highest BCUT2D eigenvalue weighted by atomic mass is 16.5. The van der Waals surface area contributed by atoms with Crippen molar-refractivity contribution in [1.29, 1.82) is 0 Å². The minimum atomic E-state index is -0.248. The van der Waals surface area contributed by atoms with E-state index in [9.17, 15) is 9.59 Å². The van der Waals surface area contributed by atoms with Crippen LogP contribution in [0.2, 0.25) is 0 Å². The Morgan fingerprint density at radius 2 is 1.75 bits per heavy atom. The molecule has 1 aromatic heterocycles. The number of anilines is 1. The Morgan fingerprint density at radius 3 is 2.50 bits per heavy atom. The van der Waals surface area contributed by atoms with Crippen molar-refractivity contribution >= 4 is 22.5 Å². The molecular formula is C27H26N2O3. The third-order valence-electron chi connectivity index (χ3n) is 5.51. The molecule has 1 N–H and O–H groups in total. The lowest BCUT2D eigenvalue weighted by Gasteiger charge is -2.14. The monoisotopic (exact) mass is 426 g/mol. The molecule has 0 aliphatic rings. The highest BCUT2D eigenvalue weighted by Gasteiger charge is 2.14. The van der Waals surface area contributed by atoms with E-state index in [4.69, 9.17) is 4.74 Å². The number of nitrogens with zero attached hydrogens (tertiary/aromatic N) is 1. The first-order chi connectivity index (χ1) is 15.5. The largest absolute Gasteiger partial charge is 0.497 e. The second-order valence-corrected chi connectivity index (χ2v) is 7.89. The molecule has 0 aliphatic heterocycles. The fourth-order valence-electron chi connectivity index (χ4n) is 3.87. The average Bonchev–Trinajstić information content (AvgIpc) is 2.80. The third kappa shape index (κ3) is 4.89. The van der Waals surface area contributed by atoms with Crippen LogP contribution in [0.5, 0.6) is 5.75 Å². The van der Waals surface area contributed by atoms with E-state index >= 15 is 0 Å². The van der Waals surface area contributed by atoms with Crippen LogP contribution in [0.25, 0.3) is 10.9 Å². The molecule has 0 fully saturated rings. The van der Waals surface area contributed by atoms with E-state index in [0.717, 1.165) is 17.4 Å². The van der Waals surface area contributed by atoms with Crippen LogP contribution in [-0.4, -0.2) is 17.6 Å². The molecule has 4 aromatic rings. The number of amides is 1. The van der Waals surface area contributed by atoms with Crippen LogP contribution >= 0.6 is 0 Å². The first-order valence-electron chi connectivity index (χ1n) is 10.6. The van der Waals surface area contributed by atoms with Gasteiger partial charge in [-0.1, -0.05) is 42.5 Å². The molecule has 0 unspecified atom stereocenters. The van der Waals surface area contributed by atoms with Gasteiger partial charge in [-0.25, -0.2) is 0 Å². The quantitative estimate of drug-likeness (QED) is 0.464. The maximum Gasteiger partial charge on any atom is 0.254 e. The minimum Gasteiger partial charge on any atom is -0.497 e. The lowest BCUT2D eigenvalue weighted by atomic mass is 10.0. The zero-order valence-electron chi connectivity index (χ0n) is 18.3. The number of nitrogens with one attached hydrogen (secondary N) is 1. The van der Waals surface area contributed by atoms with Gasteiger partial charge in [-0.3, -0.25) is 14.2 Å². The van der Waals surface area contributed by atoms with Gasteiger partial charge in [-0.05, 0) is 66.6 Å². The predicted octanol–water partition coefficient (Wildman–Crippen LogP) is 4.74. The summed E-state index contributed by atoms with van der Waals surface area (Å²) in [7, 11) is 1.59. The van der Waals surface area contributed by atoms with Crippen molar-refractivity contribution in [3.8, 4) is 5.75 Å². The van der Waals surface area contributed by atoms with Crippen LogP contribution in [0.3, 0.4) is 0 Å². The van der Waals surface area contributed by atoms with Crippen molar-refractivity contribution < 1.29 is 9.53 Å². The van der Waals surface area contributed by atoms with E-state index in [-0.39, 0.29) is 18.0 Å². The average molecular weight is 427 g/mol. The zero-order chi connectivity index (χ0) is 22.5. The molecule has 4 rings (SSSR count). The Balaban J connectivity index is 1.68. The summed E-state index contributed by atoms with van der Waals surface area (Å²) < 4.78 is 6.90. The maximum absolute atomic E-state index is 13.4. The Labute approximate surface area is 187 Å². The van der Waals surface area contributed by atoms with Crippen LogP contribution in [0.1, 0.15) is 16.7 Å². The number of aromatic nitrogens is 1. The van der Waals surface area contributed by atoms with E-state index in [1.807, 2.05) is 67.6 Å². The molecule has 0 aliphatic carbocycles. The molecule has 0 spiro atoms. The number of benzene rings is 3. The van der Waals surface area contributed by atoms with Crippen LogP contribution < -0.4 is 15.6 Å². The first kappa shape index (κ1) is 21.4. The first-order valence-corrected chi connectivity index (χ1v) is 10.6. The fourth-order valence-corrected chi connectivity index (χ4v) is 3.87. The zero-order valence-corrected chi connectivity index (χ0v) is 18.3. The Morgan fingerprint density at radius 1 is 0.938 bits per heavy atom. The number of methoxy groups -OCH3 is 1. The maximum atomic E-state index is 13.4. The van der Waals surface area contributed by atoms with Crippen LogP contribution in [0.4, 0.5) is 5.69 Å². The standard InChI is InChI=1S/C27H26N2O3/c1-19-7-6-10-23(15-19)28-26(30)18-29-25-17-24(32-2)14-13-21(25)16-22(27(29)31)12-11-20-8-4-3-5-9-20/h3-10,13-17H,11-12,18H2,1-2H3,(H,28,30). The molecule has 0 radical (unpaired) electrons. The predicted molar refractivity (Wildman–Crippen MR) is 128 cm³/mol. The Kier molecular flexibility index (Phi) is 6.36. The van der Waals surface area contributed by atoms with Crippen LogP contribution in [0.15, 0.2) is 83.7 Å². The SMILES string of the molecule is COc1ccc2cc(CCc3ccccc3)c(=O)n(CC(=O)Nc3cccc(C)c3)c2c1. The lowest BCUT2D eigenvalue weighted by molar-refractivity contribution is -0.116. The number of fused-ring (bicyclic) bond motifs is 1. The van der Waals surface area contributed by atoms with Crippen LogP contribution in [-0.2, 0) is 24.2 Å². The fraction of sp³-hybridized carbons (Fsp3) is 0.185. The van der Waals surface area contributed by atoms with Gasteiger partial charge >= 0.3 is 0 Å². The number of aryl methyl sites for hydroxylation is 3. The van der Waals surface area contributed by atoms with E-state index in [0.29, 0.717) is 28.9 Å². The number of carbonyl (C=O) groups is 1. The Bertz CT molecular complexity index is 1310. The van der Waals surface area contributed by atoms with Gasteiger partial charge in [-0.2, -0.15) is 0 Å². The summed E-state index contributed by atoms with van der Waals surface area (Å²) >= 11 is 0. The van der Waals surface area contributed by atoms with Gasteiger partial charge in [0, 0.05) is 17.3 Å². The van der Waals surface area contributed by atoms with Crippen molar-refractivity contribution in [2.45, 2.75) is 26.3 Å². The van der Waals surface area contributed by atoms with Gasteiger partial charge in [0.25, 0.3) is 5.56 Å². The summed E-state index contributed by atoms with van der Waals surface area (Å²) in [5.41, 5.74) is 4.15. The molecule has 0 saturated carbocycles. The van der Waals surface area contributed by atoms with Gasteiger partial charge in [0.1, 0.15) is 12.3 Å². The van der Waals surface area contributed by atoms with Crippen molar-refractivity contribution in [3.63, 3.8) is 0 Å². The summed E-state index contributed by atoms with van der Waals surface area (Å²) in [6.07, 6.45) is 1.36. The smallest absolute Gasteiger partial charge is 0.254 e. The second-order valence-electron chi connectivity index (χ2n) is 7.89. The molecule has 1 amide bonds. The van der Waals surface area contributed by atoms with Crippen molar-refractivity contribution in [1.82, 2.24) is 4.57 Å². The molecule has 5 heteroatoms. The van der Waals surface area contributed by atoms with Crippen molar-refractivity contribution in [3.05, 3.63) is 106 Å². The number of pyridine rings is 1. The third-order valence-corrected chi connectivity index (χ3v) is 5.51. The number of carbonyl (C=O) groups excluding carboxylic acids is 1. The molecule has 0 atom stereocenters. The van der Waals surface area contributed by atoms with Crippen LogP contribution in [0, 0.1) is 6.92 Å². The molecular weight excluding hydrogens is 400 g/mol. The minimum absolute atomic E-state index is 0.0738. The topological polar surface area (TPSA) is 60.3 Å². The van der Waals surface area contributed by atoms with Gasteiger partial charge in [-0.15, -0.1) is 0 Å². The Hall–Kier alpha value is -3.86. The summed E-state index contributed by atoms with van der Waals surface area (Å²) in [6.45, 7) is 1.89. The molecule has 0 saturated heterocycles. The highest BCUT2D eigenvalue weighted by molar-refractivity contribution is 5.92. The normalized spacial score (nSPS) is 10.8. The summed E-state index contributed by atoms with van der Waals surface area (Å²) in [5, 5.41) is 3.80. The number of hydrogen-bond acceptors (Lipinski definition) is 3. The molecule has 32 heavy (non-hydrogen) atoms. The van der Waals surface area contributed by atoms with E-state index in [1.165, 1.54) is 5.56 Å². The number of ether oxygens (including phenoxy) is 1. The van der Waals surface area contributed by atoms with E-state index < -0.39 is 0 Å². The lowest BCUT2D eigenvalue weighted by Crippen LogP contribution is -2.30. The van der Waals surface area contributed by atoms with E-state index in [2.05, 4.69) is 17.4 Å².